The molecule has 0 saturated heterocycles. The van der Waals surface area contributed by atoms with Gasteiger partial charge in [0.1, 0.15) is 23.0 Å². The van der Waals surface area contributed by atoms with Gasteiger partial charge in [-0.25, -0.2) is 0 Å². The van der Waals surface area contributed by atoms with Gasteiger partial charge in [-0.2, -0.15) is 0 Å². The predicted octanol–water partition coefficient (Wildman–Crippen LogP) is 6.10. The maximum atomic E-state index is 12.9. The zero-order chi connectivity index (χ0) is 23.8. The van der Waals surface area contributed by atoms with Gasteiger partial charge in [0.05, 0.1) is 34.0 Å². The molecule has 0 saturated carbocycles. The van der Waals surface area contributed by atoms with E-state index in [0.717, 1.165) is 28.0 Å². The second-order valence-corrected chi connectivity index (χ2v) is 7.24. The van der Waals surface area contributed by atoms with Crippen molar-refractivity contribution in [1.82, 2.24) is 0 Å². The first-order valence-corrected chi connectivity index (χ1v) is 10.5. The molecule has 3 rings (SSSR count). The molecule has 5 heteroatoms. The fraction of sp³-hybridized carbons (Fsp3) is 0.179. The Hall–Kier alpha value is -3.99. The highest BCUT2D eigenvalue weighted by Crippen LogP contribution is 2.35. The van der Waals surface area contributed by atoms with E-state index < -0.39 is 0 Å². The third-order valence-corrected chi connectivity index (χ3v) is 5.36. The van der Waals surface area contributed by atoms with E-state index in [2.05, 4.69) is 0 Å². The molecule has 170 valence electrons. The predicted molar refractivity (Wildman–Crippen MR) is 133 cm³/mol. The summed E-state index contributed by atoms with van der Waals surface area (Å²) in [6, 6.07) is 16.7. The monoisotopic (exact) mass is 444 g/mol. The molecule has 0 aliphatic rings. The van der Waals surface area contributed by atoms with E-state index in [9.17, 15) is 4.79 Å². The van der Waals surface area contributed by atoms with Crippen LogP contribution in [0.3, 0.4) is 0 Å². The van der Waals surface area contributed by atoms with Gasteiger partial charge >= 0.3 is 0 Å². The second kappa shape index (κ2) is 11.0. The van der Waals surface area contributed by atoms with Crippen molar-refractivity contribution in [3.8, 4) is 23.0 Å². The van der Waals surface area contributed by atoms with Crippen LogP contribution in [0.5, 0.6) is 23.0 Å². The van der Waals surface area contributed by atoms with Gasteiger partial charge in [-0.05, 0) is 60.0 Å². The lowest BCUT2D eigenvalue weighted by Gasteiger charge is -2.15. The van der Waals surface area contributed by atoms with Gasteiger partial charge in [-0.1, -0.05) is 36.4 Å². The second-order valence-electron chi connectivity index (χ2n) is 7.24. The Morgan fingerprint density at radius 1 is 0.697 bits per heavy atom. The summed E-state index contributed by atoms with van der Waals surface area (Å²) in [6.07, 6.45) is 7.30. The van der Waals surface area contributed by atoms with Gasteiger partial charge < -0.3 is 18.9 Å². The summed E-state index contributed by atoms with van der Waals surface area (Å²) in [5.74, 6) is 2.48. The van der Waals surface area contributed by atoms with E-state index in [1.807, 2.05) is 61.5 Å². The minimum atomic E-state index is -0.159. The molecule has 0 N–H and O–H groups in total. The number of carbonyl (C=O) groups is 1. The summed E-state index contributed by atoms with van der Waals surface area (Å²) in [6.45, 7) is 1.98. The average Bonchev–Trinajstić information content (AvgIpc) is 2.86. The number of rotatable bonds is 9. The molecule has 0 atom stereocenters. The molecule has 3 aromatic carbocycles. The summed E-state index contributed by atoms with van der Waals surface area (Å²) in [5, 5.41) is 0. The number of carbonyl (C=O) groups excluding carboxylic acids is 1. The van der Waals surface area contributed by atoms with E-state index >= 15 is 0 Å². The maximum Gasteiger partial charge on any atom is 0.189 e. The quantitative estimate of drug-likeness (QED) is 0.227. The van der Waals surface area contributed by atoms with Gasteiger partial charge in [-0.15, -0.1) is 0 Å². The largest absolute Gasteiger partial charge is 0.497 e. The molecule has 0 aliphatic carbocycles. The first kappa shape index (κ1) is 23.7. The third-order valence-electron chi connectivity index (χ3n) is 5.36. The highest BCUT2D eigenvalue weighted by atomic mass is 16.5. The zero-order valence-electron chi connectivity index (χ0n) is 19.5. The Balaban J connectivity index is 2.05. The van der Waals surface area contributed by atoms with Crippen LogP contribution in [0.2, 0.25) is 0 Å². The summed E-state index contributed by atoms with van der Waals surface area (Å²) < 4.78 is 21.7. The van der Waals surface area contributed by atoms with E-state index in [1.165, 1.54) is 6.08 Å². The molecule has 0 bridgehead atoms. The molecule has 0 fully saturated rings. The normalized spacial score (nSPS) is 11.1. The van der Waals surface area contributed by atoms with Crippen molar-refractivity contribution < 1.29 is 23.7 Å². The third kappa shape index (κ3) is 5.44. The van der Waals surface area contributed by atoms with Crippen LogP contribution >= 0.6 is 0 Å². The van der Waals surface area contributed by atoms with E-state index in [4.69, 9.17) is 18.9 Å². The number of benzene rings is 3. The lowest BCUT2D eigenvalue weighted by Crippen LogP contribution is -2.00. The van der Waals surface area contributed by atoms with Gasteiger partial charge in [-0.3, -0.25) is 4.79 Å². The van der Waals surface area contributed by atoms with Crippen LogP contribution in [0.25, 0.3) is 18.2 Å². The van der Waals surface area contributed by atoms with Crippen LogP contribution in [0, 0.1) is 6.92 Å². The van der Waals surface area contributed by atoms with Gasteiger partial charge in [0.2, 0.25) is 0 Å². The fourth-order valence-corrected chi connectivity index (χ4v) is 3.53. The van der Waals surface area contributed by atoms with Crippen LogP contribution in [-0.2, 0) is 0 Å². The number of ketones is 1. The summed E-state index contributed by atoms with van der Waals surface area (Å²) in [4.78, 5) is 12.9. The lowest BCUT2D eigenvalue weighted by molar-refractivity contribution is 0.104. The molecule has 0 heterocycles. The highest BCUT2D eigenvalue weighted by molar-refractivity contribution is 6.09. The summed E-state index contributed by atoms with van der Waals surface area (Å²) in [7, 11) is 6.41. The van der Waals surface area contributed by atoms with E-state index in [0.29, 0.717) is 22.8 Å². The Labute approximate surface area is 194 Å². The Morgan fingerprint density at radius 3 is 2.00 bits per heavy atom. The summed E-state index contributed by atoms with van der Waals surface area (Å²) >= 11 is 0. The molecule has 33 heavy (non-hydrogen) atoms. The first-order chi connectivity index (χ1) is 16.0. The zero-order valence-corrected chi connectivity index (χ0v) is 19.5. The molecule has 3 aromatic rings. The number of methoxy groups -OCH3 is 4. The maximum absolute atomic E-state index is 12.9. The molecule has 0 spiro atoms. The van der Waals surface area contributed by atoms with Gasteiger partial charge in [0, 0.05) is 11.6 Å². The molecule has 5 nitrogen and oxygen atoms in total. The number of ether oxygens (including phenoxy) is 4. The SMILES string of the molecule is COc1ccc(/C=C/c2c(C)c(OC)cc(OC)c2/C=C/C(=O)c2ccccc2OC)cc1. The Morgan fingerprint density at radius 2 is 1.36 bits per heavy atom. The van der Waals surface area contributed by atoms with Crippen LogP contribution in [0.15, 0.2) is 60.7 Å². The van der Waals surface area contributed by atoms with Crippen molar-refractivity contribution in [2.45, 2.75) is 6.92 Å². The fourth-order valence-electron chi connectivity index (χ4n) is 3.53. The Bertz CT molecular complexity index is 1170. The number of para-hydroxylation sites is 1. The first-order valence-electron chi connectivity index (χ1n) is 10.5. The number of allylic oxidation sites excluding steroid dienone is 1. The van der Waals surface area contributed by atoms with Crippen molar-refractivity contribution >= 4 is 24.0 Å². The minimum absolute atomic E-state index is 0.159. The van der Waals surface area contributed by atoms with Crippen molar-refractivity contribution in [2.75, 3.05) is 28.4 Å². The van der Waals surface area contributed by atoms with Crippen molar-refractivity contribution in [3.05, 3.63) is 88.5 Å². The van der Waals surface area contributed by atoms with Gasteiger partial charge in [0.15, 0.2) is 5.78 Å². The van der Waals surface area contributed by atoms with Crippen LogP contribution in [0.4, 0.5) is 0 Å². The molecule has 0 aromatic heterocycles. The smallest absolute Gasteiger partial charge is 0.189 e. The highest BCUT2D eigenvalue weighted by Gasteiger charge is 2.15. The topological polar surface area (TPSA) is 54.0 Å². The molecular weight excluding hydrogens is 416 g/mol. The number of hydrogen-bond acceptors (Lipinski definition) is 5. The van der Waals surface area contributed by atoms with E-state index in [-0.39, 0.29) is 5.78 Å². The molecule has 0 radical (unpaired) electrons. The molecular formula is C28H28O5. The Kier molecular flexibility index (Phi) is 7.92. The van der Waals surface area contributed by atoms with Crippen LogP contribution < -0.4 is 18.9 Å². The van der Waals surface area contributed by atoms with Crippen LogP contribution in [0.1, 0.15) is 32.6 Å². The average molecular weight is 445 g/mol. The number of hydrogen-bond donors (Lipinski definition) is 0. The lowest BCUT2D eigenvalue weighted by atomic mass is 9.97. The van der Waals surface area contributed by atoms with Crippen molar-refractivity contribution in [1.29, 1.82) is 0 Å². The molecule has 0 unspecified atom stereocenters. The summed E-state index contributed by atoms with van der Waals surface area (Å²) in [5.41, 5.74) is 4.12. The molecule has 0 amide bonds. The standard InChI is InChI=1S/C28H28O5/c1-19-22(15-12-20-10-13-21(30-2)14-11-20)23(28(33-5)18-27(19)32-4)16-17-25(29)24-8-6-7-9-26(24)31-3/h6-18H,1-5H3/b15-12+,17-16+. The van der Waals surface area contributed by atoms with Crippen LogP contribution in [-0.4, -0.2) is 34.2 Å². The van der Waals surface area contributed by atoms with Crippen molar-refractivity contribution in [2.24, 2.45) is 0 Å². The van der Waals surface area contributed by atoms with Gasteiger partial charge in [0.25, 0.3) is 0 Å². The molecule has 0 aliphatic heterocycles. The van der Waals surface area contributed by atoms with Crippen molar-refractivity contribution in [3.63, 3.8) is 0 Å². The van der Waals surface area contributed by atoms with E-state index in [1.54, 1.807) is 46.6 Å². The minimum Gasteiger partial charge on any atom is -0.497 e.